The summed E-state index contributed by atoms with van der Waals surface area (Å²) in [6.45, 7) is 4.56. The van der Waals surface area contributed by atoms with Crippen LogP contribution in [0.1, 0.15) is 5.56 Å². The third kappa shape index (κ3) is 5.75. The Bertz CT molecular complexity index is 481. The van der Waals surface area contributed by atoms with Gasteiger partial charge in [-0.05, 0) is 40.7 Å². The maximum absolute atomic E-state index is 12.1. The molecule has 1 heterocycles. The van der Waals surface area contributed by atoms with Gasteiger partial charge in [0.2, 0.25) is 5.91 Å². The number of nitrogens with one attached hydrogen (secondary N) is 1. The lowest BCUT2D eigenvalue weighted by Crippen LogP contribution is -2.49. The number of hydrogen-bond donors (Lipinski definition) is 1. The Kier molecular flexibility index (Phi) is 7.98. The van der Waals surface area contributed by atoms with Crippen LogP contribution in [0.4, 0.5) is 0 Å². The number of carbonyl (C=O) groups excluding carboxylic acids is 1. The van der Waals surface area contributed by atoms with Gasteiger partial charge in [0.05, 0.1) is 11.6 Å². The zero-order chi connectivity index (χ0) is 14.5. The van der Waals surface area contributed by atoms with E-state index in [2.05, 4.69) is 21.2 Å². The van der Waals surface area contributed by atoms with E-state index in [9.17, 15) is 4.79 Å². The molecule has 1 aromatic rings. The molecule has 1 amide bonds. The number of halogens is 3. The molecule has 1 saturated heterocycles. The van der Waals surface area contributed by atoms with Crippen LogP contribution in [0.15, 0.2) is 22.7 Å². The molecule has 7 heteroatoms. The van der Waals surface area contributed by atoms with Crippen molar-refractivity contribution in [3.8, 4) is 0 Å². The van der Waals surface area contributed by atoms with Gasteiger partial charge < -0.3 is 10.2 Å². The average Bonchev–Trinajstić information content (AvgIpc) is 2.44. The molecule has 118 valence electrons. The van der Waals surface area contributed by atoms with Gasteiger partial charge in [-0.2, -0.15) is 0 Å². The van der Waals surface area contributed by atoms with E-state index >= 15 is 0 Å². The van der Waals surface area contributed by atoms with E-state index in [-0.39, 0.29) is 18.3 Å². The molecule has 0 radical (unpaired) electrons. The van der Waals surface area contributed by atoms with Gasteiger partial charge in [-0.1, -0.05) is 17.7 Å². The number of benzene rings is 1. The quantitative estimate of drug-likeness (QED) is 0.848. The van der Waals surface area contributed by atoms with E-state index in [4.69, 9.17) is 11.6 Å². The van der Waals surface area contributed by atoms with Crippen LogP contribution in [0.25, 0.3) is 0 Å². The van der Waals surface area contributed by atoms with Gasteiger partial charge in [-0.25, -0.2) is 0 Å². The Hall–Kier alpha value is -0.330. The Balaban J connectivity index is 0.00000220. The van der Waals surface area contributed by atoms with E-state index in [0.29, 0.717) is 11.6 Å². The monoisotopic (exact) mass is 395 g/mol. The van der Waals surface area contributed by atoms with Gasteiger partial charge in [0.15, 0.2) is 0 Å². The molecular formula is C14H20BrCl2N3O. The number of nitrogens with zero attached hydrogens (tertiary/aromatic N) is 2. The molecule has 0 bridgehead atoms. The third-order valence-corrected chi connectivity index (χ3v) is 4.53. The summed E-state index contributed by atoms with van der Waals surface area (Å²) in [5.41, 5.74) is 1.14. The number of hydrogen-bond acceptors (Lipinski definition) is 3. The zero-order valence-corrected chi connectivity index (χ0v) is 15.1. The maximum Gasteiger partial charge on any atom is 0.236 e. The van der Waals surface area contributed by atoms with Crippen molar-refractivity contribution in [2.45, 2.75) is 6.54 Å². The van der Waals surface area contributed by atoms with Crippen molar-refractivity contribution in [2.24, 2.45) is 0 Å². The number of amides is 1. The normalized spacial score (nSPS) is 15.0. The first-order chi connectivity index (χ1) is 9.56. The molecular weight excluding hydrogens is 377 g/mol. The van der Waals surface area contributed by atoms with E-state index in [1.165, 1.54) is 0 Å². The SMILES string of the molecule is CN(CC(=O)N1CCNCC1)Cc1ccc(Cl)c(Br)c1.Cl. The minimum absolute atomic E-state index is 0. The Morgan fingerprint density at radius 2 is 2.10 bits per heavy atom. The smallest absolute Gasteiger partial charge is 0.236 e. The first-order valence-corrected chi connectivity index (χ1v) is 7.84. The number of rotatable bonds is 4. The molecule has 0 aliphatic carbocycles. The lowest BCUT2D eigenvalue weighted by Gasteiger charge is -2.29. The second-order valence-electron chi connectivity index (χ2n) is 5.05. The third-order valence-electron chi connectivity index (χ3n) is 3.31. The highest BCUT2D eigenvalue weighted by atomic mass is 79.9. The summed E-state index contributed by atoms with van der Waals surface area (Å²) in [5, 5.41) is 3.95. The molecule has 0 spiro atoms. The predicted octanol–water partition coefficient (Wildman–Crippen LogP) is 2.39. The van der Waals surface area contributed by atoms with Crippen LogP contribution in [0.5, 0.6) is 0 Å². The summed E-state index contributed by atoms with van der Waals surface area (Å²) in [5.74, 6) is 0.196. The number of carbonyl (C=O) groups is 1. The van der Waals surface area contributed by atoms with Gasteiger partial charge >= 0.3 is 0 Å². The molecule has 1 aromatic carbocycles. The average molecular weight is 397 g/mol. The van der Waals surface area contributed by atoms with Crippen molar-refractivity contribution >= 4 is 45.8 Å². The van der Waals surface area contributed by atoms with E-state index < -0.39 is 0 Å². The summed E-state index contributed by atoms with van der Waals surface area (Å²) < 4.78 is 0.887. The van der Waals surface area contributed by atoms with Gasteiger partial charge in [0.1, 0.15) is 0 Å². The molecule has 21 heavy (non-hydrogen) atoms. The molecule has 2 rings (SSSR count). The molecule has 0 aromatic heterocycles. The summed E-state index contributed by atoms with van der Waals surface area (Å²) in [4.78, 5) is 16.1. The Morgan fingerprint density at radius 1 is 1.43 bits per heavy atom. The number of piperazine rings is 1. The minimum Gasteiger partial charge on any atom is -0.339 e. The Morgan fingerprint density at radius 3 is 2.71 bits per heavy atom. The van der Waals surface area contributed by atoms with E-state index in [1.54, 1.807) is 0 Å². The second-order valence-corrected chi connectivity index (χ2v) is 6.31. The molecule has 1 N–H and O–H groups in total. The largest absolute Gasteiger partial charge is 0.339 e. The van der Waals surface area contributed by atoms with E-state index in [1.807, 2.05) is 35.0 Å². The van der Waals surface area contributed by atoms with Crippen molar-refractivity contribution in [1.82, 2.24) is 15.1 Å². The van der Waals surface area contributed by atoms with Crippen LogP contribution in [0.3, 0.4) is 0 Å². The maximum atomic E-state index is 12.1. The van der Waals surface area contributed by atoms with Crippen molar-refractivity contribution in [3.63, 3.8) is 0 Å². The van der Waals surface area contributed by atoms with Crippen LogP contribution in [0, 0.1) is 0 Å². The lowest BCUT2D eigenvalue weighted by atomic mass is 10.2. The van der Waals surface area contributed by atoms with Gasteiger partial charge in [-0.3, -0.25) is 9.69 Å². The second kappa shape index (κ2) is 8.96. The molecule has 1 aliphatic heterocycles. The fourth-order valence-electron chi connectivity index (χ4n) is 2.25. The Labute approximate surface area is 145 Å². The summed E-state index contributed by atoms with van der Waals surface area (Å²) in [6.07, 6.45) is 0. The molecule has 0 saturated carbocycles. The van der Waals surface area contributed by atoms with Gasteiger partial charge in [0.25, 0.3) is 0 Å². The topological polar surface area (TPSA) is 35.6 Å². The molecule has 0 unspecified atom stereocenters. The standard InChI is InChI=1S/C14H19BrClN3O.ClH/c1-18(9-11-2-3-13(16)12(15)8-11)10-14(20)19-6-4-17-5-7-19;/h2-3,8,17H,4-7,9-10H2,1H3;1H. The summed E-state index contributed by atoms with van der Waals surface area (Å²) >= 11 is 9.39. The fourth-order valence-corrected chi connectivity index (χ4v) is 2.79. The molecule has 0 atom stereocenters. The van der Waals surface area contributed by atoms with Gasteiger partial charge in [0, 0.05) is 37.2 Å². The van der Waals surface area contributed by atoms with Crippen molar-refractivity contribution in [3.05, 3.63) is 33.3 Å². The van der Waals surface area contributed by atoms with Crippen LogP contribution < -0.4 is 5.32 Å². The summed E-state index contributed by atoms with van der Waals surface area (Å²) in [6, 6.07) is 5.85. The van der Waals surface area contributed by atoms with Crippen LogP contribution in [-0.4, -0.2) is 55.5 Å². The zero-order valence-electron chi connectivity index (χ0n) is 11.9. The van der Waals surface area contributed by atoms with Crippen LogP contribution >= 0.6 is 39.9 Å². The fraction of sp³-hybridized carbons (Fsp3) is 0.500. The lowest BCUT2D eigenvalue weighted by molar-refractivity contribution is -0.132. The van der Waals surface area contributed by atoms with Crippen LogP contribution in [-0.2, 0) is 11.3 Å². The van der Waals surface area contributed by atoms with Gasteiger partial charge in [-0.15, -0.1) is 12.4 Å². The van der Waals surface area contributed by atoms with Crippen molar-refractivity contribution < 1.29 is 4.79 Å². The van der Waals surface area contributed by atoms with Crippen molar-refractivity contribution in [1.29, 1.82) is 0 Å². The molecule has 1 aliphatic rings. The van der Waals surface area contributed by atoms with Crippen molar-refractivity contribution in [2.75, 3.05) is 39.8 Å². The minimum atomic E-state index is 0. The number of likely N-dealkylation sites (N-methyl/N-ethyl adjacent to an activating group) is 1. The highest BCUT2D eigenvalue weighted by Gasteiger charge is 2.17. The van der Waals surface area contributed by atoms with E-state index in [0.717, 1.165) is 42.8 Å². The molecule has 1 fully saturated rings. The van der Waals surface area contributed by atoms with Crippen LogP contribution in [0.2, 0.25) is 5.02 Å². The first kappa shape index (κ1) is 18.7. The first-order valence-electron chi connectivity index (χ1n) is 6.67. The highest BCUT2D eigenvalue weighted by molar-refractivity contribution is 9.10. The molecule has 4 nitrogen and oxygen atoms in total. The predicted molar refractivity (Wildman–Crippen MR) is 92.2 cm³/mol. The highest BCUT2D eigenvalue weighted by Crippen LogP contribution is 2.23. The summed E-state index contributed by atoms with van der Waals surface area (Å²) in [7, 11) is 1.96.